The van der Waals surface area contributed by atoms with Crippen LogP contribution >= 0.6 is 0 Å². The van der Waals surface area contributed by atoms with Crippen LogP contribution in [-0.4, -0.2) is 54.2 Å². The van der Waals surface area contributed by atoms with E-state index in [0.29, 0.717) is 13.1 Å². The van der Waals surface area contributed by atoms with Crippen LogP contribution in [0.5, 0.6) is 0 Å². The predicted octanol–water partition coefficient (Wildman–Crippen LogP) is 0.148. The average molecular weight is 344 g/mol. The third-order valence-electron chi connectivity index (χ3n) is 2.90. The molecule has 0 saturated carbocycles. The van der Waals surface area contributed by atoms with Gasteiger partial charge in [-0.1, -0.05) is 6.92 Å². The molecule has 0 aliphatic rings. The van der Waals surface area contributed by atoms with Gasteiger partial charge in [-0.2, -0.15) is 0 Å². The molecule has 0 unspecified atom stereocenters. The Morgan fingerprint density at radius 2 is 1.52 bits per heavy atom. The first-order valence-corrected chi connectivity index (χ1v) is 8.36. The quantitative estimate of drug-likeness (QED) is 0.510. The monoisotopic (exact) mass is 344 g/mol. The van der Waals surface area contributed by atoms with Crippen LogP contribution in [0.1, 0.15) is 27.6 Å². The highest BCUT2D eigenvalue weighted by Crippen LogP contribution is 2.17. The second-order valence-electron chi connectivity index (χ2n) is 4.48. The van der Waals surface area contributed by atoms with E-state index in [4.69, 9.17) is 0 Å². The molecule has 0 atom stereocenters. The minimum atomic E-state index is -3.87. The Morgan fingerprint density at radius 1 is 1.00 bits per heavy atom. The van der Waals surface area contributed by atoms with Crippen molar-refractivity contribution in [1.82, 2.24) is 10.0 Å². The first-order chi connectivity index (χ1) is 10.9. The van der Waals surface area contributed by atoms with E-state index in [1.807, 2.05) is 6.92 Å². The highest BCUT2D eigenvalue weighted by Gasteiger charge is 2.20. The lowest BCUT2D eigenvalue weighted by atomic mass is 10.1. The molecule has 1 rings (SSSR count). The van der Waals surface area contributed by atoms with Gasteiger partial charge in [-0.25, -0.2) is 22.7 Å². The molecule has 0 aliphatic heterocycles. The maximum atomic E-state index is 12.3. The molecule has 0 amide bonds. The second-order valence-corrected chi connectivity index (χ2v) is 6.25. The van der Waals surface area contributed by atoms with E-state index in [1.165, 1.54) is 6.07 Å². The molecule has 8 nitrogen and oxygen atoms in total. The normalized spacial score (nSPS) is 11.1. The lowest BCUT2D eigenvalue weighted by Gasteiger charge is -2.10. The van der Waals surface area contributed by atoms with E-state index >= 15 is 0 Å². The number of ether oxygens (including phenoxy) is 2. The van der Waals surface area contributed by atoms with E-state index in [1.54, 1.807) is 0 Å². The van der Waals surface area contributed by atoms with Gasteiger partial charge < -0.3 is 14.8 Å². The van der Waals surface area contributed by atoms with Crippen molar-refractivity contribution in [3.8, 4) is 0 Å². The summed E-state index contributed by atoms with van der Waals surface area (Å²) in [5, 5.41) is 2.97. The SMILES string of the molecule is CCNCCNS(=O)(=O)c1cc(C(=O)OC)cc(C(=O)OC)c1. The van der Waals surface area contributed by atoms with Gasteiger partial charge in [0.05, 0.1) is 30.2 Å². The summed E-state index contributed by atoms with van der Waals surface area (Å²) in [5.74, 6) is -1.50. The molecule has 1 aromatic carbocycles. The van der Waals surface area contributed by atoms with Crippen molar-refractivity contribution in [3.63, 3.8) is 0 Å². The van der Waals surface area contributed by atoms with Crippen LogP contribution in [0.4, 0.5) is 0 Å². The van der Waals surface area contributed by atoms with Crippen molar-refractivity contribution >= 4 is 22.0 Å². The third-order valence-corrected chi connectivity index (χ3v) is 4.34. The van der Waals surface area contributed by atoms with Crippen LogP contribution < -0.4 is 10.0 Å². The van der Waals surface area contributed by atoms with E-state index < -0.39 is 22.0 Å². The zero-order valence-corrected chi connectivity index (χ0v) is 14.0. The summed E-state index contributed by atoms with van der Waals surface area (Å²) in [6, 6.07) is 3.51. The molecular formula is C14H20N2O6S. The minimum absolute atomic E-state index is 0.0533. The number of benzene rings is 1. The lowest BCUT2D eigenvalue weighted by Crippen LogP contribution is -2.32. The minimum Gasteiger partial charge on any atom is -0.465 e. The van der Waals surface area contributed by atoms with E-state index in [2.05, 4.69) is 19.5 Å². The molecule has 23 heavy (non-hydrogen) atoms. The van der Waals surface area contributed by atoms with Crippen molar-refractivity contribution in [1.29, 1.82) is 0 Å². The number of hydrogen-bond donors (Lipinski definition) is 2. The summed E-state index contributed by atoms with van der Waals surface area (Å²) < 4.78 is 36.1. The molecule has 0 heterocycles. The number of methoxy groups -OCH3 is 2. The summed E-state index contributed by atoms with van der Waals surface area (Å²) >= 11 is 0. The number of nitrogens with one attached hydrogen (secondary N) is 2. The summed E-state index contributed by atoms with van der Waals surface area (Å²) in [4.78, 5) is 23.1. The van der Waals surface area contributed by atoms with Crippen LogP contribution in [0.15, 0.2) is 23.1 Å². The number of sulfonamides is 1. The molecule has 0 radical (unpaired) electrons. The number of likely N-dealkylation sites (N-methyl/N-ethyl adjacent to an activating group) is 1. The Bertz CT molecular complexity index is 638. The van der Waals surface area contributed by atoms with Gasteiger partial charge in [0.15, 0.2) is 0 Å². The molecule has 0 aliphatic carbocycles. The van der Waals surface area contributed by atoms with Crippen molar-refractivity contribution < 1.29 is 27.5 Å². The summed E-state index contributed by atoms with van der Waals surface area (Å²) in [6.07, 6.45) is 0. The zero-order chi connectivity index (χ0) is 17.5. The van der Waals surface area contributed by atoms with Crippen molar-refractivity contribution in [2.75, 3.05) is 33.9 Å². The zero-order valence-electron chi connectivity index (χ0n) is 13.2. The Morgan fingerprint density at radius 3 is 1.96 bits per heavy atom. The third kappa shape index (κ3) is 5.31. The molecule has 0 aromatic heterocycles. The Labute approximate surface area is 135 Å². The molecule has 0 fully saturated rings. The Kier molecular flexibility index (Phi) is 7.14. The number of carbonyl (C=O) groups is 2. The molecule has 2 N–H and O–H groups in total. The molecule has 0 spiro atoms. The highest BCUT2D eigenvalue weighted by atomic mass is 32.2. The molecule has 0 bridgehead atoms. The molecule has 128 valence electrons. The summed E-state index contributed by atoms with van der Waals surface area (Å²) in [7, 11) is -1.55. The Balaban J connectivity index is 3.17. The van der Waals surface area contributed by atoms with Gasteiger partial charge in [-0.15, -0.1) is 0 Å². The van der Waals surface area contributed by atoms with E-state index in [0.717, 1.165) is 26.4 Å². The van der Waals surface area contributed by atoms with Crippen LogP contribution in [0.2, 0.25) is 0 Å². The topological polar surface area (TPSA) is 111 Å². The highest BCUT2D eigenvalue weighted by molar-refractivity contribution is 7.89. The van der Waals surface area contributed by atoms with Gasteiger partial charge in [0.1, 0.15) is 0 Å². The van der Waals surface area contributed by atoms with Gasteiger partial charge in [0, 0.05) is 13.1 Å². The van der Waals surface area contributed by atoms with Gasteiger partial charge >= 0.3 is 11.9 Å². The van der Waals surface area contributed by atoms with Gasteiger partial charge in [-0.05, 0) is 24.7 Å². The fraction of sp³-hybridized carbons (Fsp3) is 0.429. The fourth-order valence-corrected chi connectivity index (χ4v) is 2.86. The van der Waals surface area contributed by atoms with Crippen LogP contribution in [0, 0.1) is 0 Å². The predicted molar refractivity (Wildman–Crippen MR) is 82.9 cm³/mol. The van der Waals surface area contributed by atoms with E-state index in [-0.39, 0.29) is 22.6 Å². The molecule has 1 aromatic rings. The maximum Gasteiger partial charge on any atom is 0.337 e. The second kappa shape index (κ2) is 8.61. The molecule has 9 heteroatoms. The lowest BCUT2D eigenvalue weighted by molar-refractivity contribution is 0.0598. The summed E-state index contributed by atoms with van der Waals surface area (Å²) in [6.45, 7) is 3.24. The van der Waals surface area contributed by atoms with Crippen LogP contribution in [0.3, 0.4) is 0 Å². The van der Waals surface area contributed by atoms with Crippen molar-refractivity contribution in [3.05, 3.63) is 29.3 Å². The number of carbonyl (C=O) groups excluding carboxylic acids is 2. The first-order valence-electron chi connectivity index (χ1n) is 6.87. The standard InChI is InChI=1S/C14H20N2O6S/c1-4-15-5-6-16-23(19,20)12-8-10(13(17)21-2)7-11(9-12)14(18)22-3/h7-9,15-16H,4-6H2,1-3H3. The summed E-state index contributed by atoms with van der Waals surface area (Å²) in [5.41, 5.74) is -0.107. The molecule has 0 saturated heterocycles. The van der Waals surface area contributed by atoms with E-state index in [9.17, 15) is 18.0 Å². The number of rotatable bonds is 8. The van der Waals surface area contributed by atoms with Crippen molar-refractivity contribution in [2.24, 2.45) is 0 Å². The smallest absolute Gasteiger partial charge is 0.337 e. The van der Waals surface area contributed by atoms with Gasteiger partial charge in [-0.3, -0.25) is 0 Å². The first kappa shape index (κ1) is 19.1. The van der Waals surface area contributed by atoms with Gasteiger partial charge in [0.25, 0.3) is 0 Å². The fourth-order valence-electron chi connectivity index (χ4n) is 1.76. The Hall–Kier alpha value is -1.97. The number of esters is 2. The van der Waals surface area contributed by atoms with Crippen LogP contribution in [-0.2, 0) is 19.5 Å². The maximum absolute atomic E-state index is 12.3. The molecular weight excluding hydrogens is 324 g/mol. The van der Waals surface area contributed by atoms with Crippen molar-refractivity contribution in [2.45, 2.75) is 11.8 Å². The largest absolute Gasteiger partial charge is 0.465 e. The average Bonchev–Trinajstić information content (AvgIpc) is 2.56. The number of hydrogen-bond acceptors (Lipinski definition) is 7. The van der Waals surface area contributed by atoms with Crippen LogP contribution in [0.25, 0.3) is 0 Å². The van der Waals surface area contributed by atoms with Gasteiger partial charge in [0.2, 0.25) is 10.0 Å².